The van der Waals surface area contributed by atoms with Crippen molar-refractivity contribution in [3.8, 4) is 5.75 Å². The van der Waals surface area contributed by atoms with Gasteiger partial charge in [-0.2, -0.15) is 0 Å². The van der Waals surface area contributed by atoms with Gasteiger partial charge in [0.05, 0.1) is 20.2 Å². The first-order valence-corrected chi connectivity index (χ1v) is 7.53. The van der Waals surface area contributed by atoms with Crippen LogP contribution in [0.2, 0.25) is 0 Å². The molecule has 3 heteroatoms. The van der Waals surface area contributed by atoms with E-state index in [1.54, 1.807) is 12.0 Å². The molecule has 1 aromatic rings. The Balaban J connectivity index is 2.10. The molecule has 0 saturated carbocycles. The fraction of sp³-hybridized carbons (Fsp3) is 0.600. The van der Waals surface area contributed by atoms with E-state index in [0.29, 0.717) is 0 Å². The standard InChI is InChI=1S/C15H22BrNO/c1-11-6-12(2)9-17(8-11)10-13-7-14(16)4-5-15(13)18-3/h4-5,7,11-12H,6,8-10H2,1-3H3/p+1/t11-,12-/m0/s1. The number of likely N-dealkylation sites (tertiary alicyclic amines) is 1. The average Bonchev–Trinajstić information content (AvgIpc) is 2.27. The van der Waals surface area contributed by atoms with Gasteiger partial charge in [-0.15, -0.1) is 0 Å². The lowest BCUT2D eigenvalue weighted by Crippen LogP contribution is -3.13. The van der Waals surface area contributed by atoms with E-state index in [9.17, 15) is 0 Å². The molecule has 0 unspecified atom stereocenters. The molecule has 0 aromatic heterocycles. The van der Waals surface area contributed by atoms with Crippen molar-refractivity contribution in [3.63, 3.8) is 0 Å². The van der Waals surface area contributed by atoms with Crippen LogP contribution in [0.1, 0.15) is 25.8 Å². The summed E-state index contributed by atoms with van der Waals surface area (Å²) in [5, 5.41) is 0. The number of halogens is 1. The van der Waals surface area contributed by atoms with Crippen LogP contribution >= 0.6 is 15.9 Å². The Hall–Kier alpha value is -0.540. The molecular formula is C15H23BrNO+. The van der Waals surface area contributed by atoms with Gasteiger partial charge in [0, 0.05) is 21.9 Å². The minimum Gasteiger partial charge on any atom is -0.496 e. The predicted octanol–water partition coefficient (Wildman–Crippen LogP) is 2.52. The molecule has 2 atom stereocenters. The molecule has 0 radical (unpaired) electrons. The highest BCUT2D eigenvalue weighted by Gasteiger charge is 2.25. The summed E-state index contributed by atoms with van der Waals surface area (Å²) in [6, 6.07) is 6.28. The second-order valence-corrected chi connectivity index (χ2v) is 6.65. The Morgan fingerprint density at radius 3 is 2.56 bits per heavy atom. The largest absolute Gasteiger partial charge is 0.496 e. The van der Waals surface area contributed by atoms with Crippen LogP contribution in [0.25, 0.3) is 0 Å². The summed E-state index contributed by atoms with van der Waals surface area (Å²) in [5.74, 6) is 2.68. The van der Waals surface area contributed by atoms with Crippen molar-refractivity contribution in [1.29, 1.82) is 0 Å². The molecule has 1 aromatic carbocycles. The van der Waals surface area contributed by atoms with Crippen molar-refractivity contribution >= 4 is 15.9 Å². The van der Waals surface area contributed by atoms with Crippen LogP contribution < -0.4 is 9.64 Å². The van der Waals surface area contributed by atoms with Crippen LogP contribution in [-0.2, 0) is 6.54 Å². The summed E-state index contributed by atoms with van der Waals surface area (Å²) in [5.41, 5.74) is 1.31. The smallest absolute Gasteiger partial charge is 0.127 e. The molecule has 18 heavy (non-hydrogen) atoms. The zero-order valence-corrected chi connectivity index (χ0v) is 13.1. The molecule has 1 N–H and O–H groups in total. The summed E-state index contributed by atoms with van der Waals surface area (Å²) in [6.45, 7) is 8.36. The Kier molecular flexibility index (Phi) is 4.68. The van der Waals surface area contributed by atoms with Crippen molar-refractivity contribution in [1.82, 2.24) is 0 Å². The molecule has 1 heterocycles. The number of hydrogen-bond acceptors (Lipinski definition) is 1. The van der Waals surface area contributed by atoms with E-state index in [2.05, 4.69) is 41.9 Å². The Morgan fingerprint density at radius 1 is 1.28 bits per heavy atom. The van der Waals surface area contributed by atoms with E-state index in [1.165, 1.54) is 25.1 Å². The van der Waals surface area contributed by atoms with Crippen molar-refractivity contribution in [2.24, 2.45) is 11.8 Å². The lowest BCUT2D eigenvalue weighted by atomic mass is 9.91. The van der Waals surface area contributed by atoms with Gasteiger partial charge in [0.25, 0.3) is 0 Å². The van der Waals surface area contributed by atoms with E-state index >= 15 is 0 Å². The maximum atomic E-state index is 5.46. The molecule has 1 saturated heterocycles. The van der Waals surface area contributed by atoms with E-state index in [-0.39, 0.29) is 0 Å². The number of piperidine rings is 1. The van der Waals surface area contributed by atoms with Crippen LogP contribution in [0.5, 0.6) is 5.75 Å². The number of quaternary nitrogens is 1. The van der Waals surface area contributed by atoms with Gasteiger partial charge >= 0.3 is 0 Å². The van der Waals surface area contributed by atoms with Crippen LogP contribution in [0, 0.1) is 11.8 Å². The molecule has 2 rings (SSSR count). The van der Waals surface area contributed by atoms with E-state index in [1.807, 2.05) is 6.07 Å². The Bertz CT molecular complexity index is 397. The fourth-order valence-electron chi connectivity index (χ4n) is 3.22. The fourth-order valence-corrected chi connectivity index (χ4v) is 3.63. The van der Waals surface area contributed by atoms with E-state index in [0.717, 1.165) is 28.6 Å². The van der Waals surface area contributed by atoms with E-state index in [4.69, 9.17) is 4.74 Å². The Labute approximate surface area is 118 Å². The monoisotopic (exact) mass is 312 g/mol. The molecule has 100 valence electrons. The molecule has 1 fully saturated rings. The van der Waals surface area contributed by atoms with Gasteiger partial charge < -0.3 is 9.64 Å². The zero-order chi connectivity index (χ0) is 13.1. The second-order valence-electron chi connectivity index (χ2n) is 5.74. The van der Waals surface area contributed by atoms with Gasteiger partial charge in [-0.1, -0.05) is 29.8 Å². The number of ether oxygens (including phenoxy) is 1. The molecule has 0 aliphatic carbocycles. The van der Waals surface area contributed by atoms with Crippen molar-refractivity contribution < 1.29 is 9.64 Å². The van der Waals surface area contributed by atoms with Gasteiger partial charge in [-0.25, -0.2) is 0 Å². The van der Waals surface area contributed by atoms with Crippen molar-refractivity contribution in [2.45, 2.75) is 26.8 Å². The minimum absolute atomic E-state index is 0.835. The highest BCUT2D eigenvalue weighted by atomic mass is 79.9. The van der Waals surface area contributed by atoms with Crippen LogP contribution in [-0.4, -0.2) is 20.2 Å². The lowest BCUT2D eigenvalue weighted by Gasteiger charge is -2.32. The summed E-state index contributed by atoms with van der Waals surface area (Å²) >= 11 is 3.55. The third-order valence-electron chi connectivity index (χ3n) is 3.76. The highest BCUT2D eigenvalue weighted by molar-refractivity contribution is 9.10. The number of nitrogens with one attached hydrogen (secondary N) is 1. The van der Waals surface area contributed by atoms with Crippen LogP contribution in [0.4, 0.5) is 0 Å². The summed E-state index contributed by atoms with van der Waals surface area (Å²) in [6.07, 6.45) is 1.37. The number of hydrogen-bond donors (Lipinski definition) is 1. The van der Waals surface area contributed by atoms with Gasteiger partial charge in [0.15, 0.2) is 0 Å². The zero-order valence-electron chi connectivity index (χ0n) is 11.5. The number of benzene rings is 1. The van der Waals surface area contributed by atoms with Crippen molar-refractivity contribution in [2.75, 3.05) is 20.2 Å². The molecule has 1 aliphatic rings. The van der Waals surface area contributed by atoms with Gasteiger partial charge in [0.1, 0.15) is 12.3 Å². The average molecular weight is 313 g/mol. The molecule has 0 amide bonds. The molecule has 0 bridgehead atoms. The summed E-state index contributed by atoms with van der Waals surface area (Å²) < 4.78 is 6.60. The first kappa shape index (κ1) is 13.9. The van der Waals surface area contributed by atoms with Crippen molar-refractivity contribution in [3.05, 3.63) is 28.2 Å². The predicted molar refractivity (Wildman–Crippen MR) is 78.0 cm³/mol. The lowest BCUT2D eigenvalue weighted by molar-refractivity contribution is -0.925. The van der Waals surface area contributed by atoms with Gasteiger partial charge in [0.2, 0.25) is 0 Å². The second kappa shape index (κ2) is 6.07. The SMILES string of the molecule is COc1ccc(Br)cc1C[NH+]1C[C@@H](C)C[C@H](C)C1. The minimum atomic E-state index is 0.835. The molecule has 1 aliphatic heterocycles. The first-order chi connectivity index (χ1) is 8.58. The maximum absolute atomic E-state index is 5.46. The highest BCUT2D eigenvalue weighted by Crippen LogP contribution is 2.22. The molecular weight excluding hydrogens is 290 g/mol. The number of methoxy groups -OCH3 is 1. The molecule has 2 nitrogen and oxygen atoms in total. The van der Waals surface area contributed by atoms with Gasteiger partial charge in [-0.05, 0) is 24.6 Å². The van der Waals surface area contributed by atoms with E-state index < -0.39 is 0 Å². The Morgan fingerprint density at radius 2 is 1.94 bits per heavy atom. The summed E-state index contributed by atoms with van der Waals surface area (Å²) in [7, 11) is 1.75. The van der Waals surface area contributed by atoms with Crippen LogP contribution in [0.15, 0.2) is 22.7 Å². The van der Waals surface area contributed by atoms with Gasteiger partial charge in [-0.3, -0.25) is 0 Å². The van der Waals surface area contributed by atoms with Crippen LogP contribution in [0.3, 0.4) is 0 Å². The maximum Gasteiger partial charge on any atom is 0.127 e. The quantitative estimate of drug-likeness (QED) is 0.905. The topological polar surface area (TPSA) is 13.7 Å². The summed E-state index contributed by atoms with van der Waals surface area (Å²) in [4.78, 5) is 1.68. The normalized spacial score (nSPS) is 28.1. The third kappa shape index (κ3) is 3.48. The first-order valence-electron chi connectivity index (χ1n) is 6.74. The third-order valence-corrected chi connectivity index (χ3v) is 4.26. The molecule has 0 spiro atoms. The number of rotatable bonds is 3.